The fourth-order valence-electron chi connectivity index (χ4n) is 5.24. The van der Waals surface area contributed by atoms with Crippen LogP contribution in [-0.4, -0.2) is 68.4 Å². The minimum absolute atomic E-state index is 0.124. The molecular weight excluding hydrogens is 496 g/mol. The number of hydrogen-bond donors (Lipinski definition) is 2. The number of rotatable bonds is 5. The zero-order valence-electron chi connectivity index (χ0n) is 19.8. The summed E-state index contributed by atoms with van der Waals surface area (Å²) in [5, 5.41) is 11.3. The van der Waals surface area contributed by atoms with Crippen LogP contribution in [0.1, 0.15) is 43.6 Å². The van der Waals surface area contributed by atoms with Crippen LogP contribution in [-0.2, 0) is 11.2 Å². The second-order valence-corrected chi connectivity index (χ2v) is 10.8. The number of carbonyl (C=O) groups is 2. The quantitative estimate of drug-likeness (QED) is 0.476. The van der Waals surface area contributed by atoms with Gasteiger partial charge in [-0.15, -0.1) is 0 Å². The molecule has 3 aromatic rings. The highest BCUT2D eigenvalue weighted by Gasteiger charge is 2.60. The predicted molar refractivity (Wildman–Crippen MR) is 135 cm³/mol. The van der Waals surface area contributed by atoms with Crippen LogP contribution in [0.2, 0.25) is 0 Å². The summed E-state index contributed by atoms with van der Waals surface area (Å²) >= 11 is 3.57. The van der Waals surface area contributed by atoms with Crippen LogP contribution in [0.4, 0.5) is 4.79 Å². The van der Waals surface area contributed by atoms with Crippen molar-refractivity contribution in [3.8, 4) is 5.75 Å². The number of amides is 3. The van der Waals surface area contributed by atoms with Crippen molar-refractivity contribution in [2.45, 2.75) is 44.8 Å². The minimum Gasteiger partial charge on any atom is -0.508 e. The third-order valence-electron chi connectivity index (χ3n) is 7.37. The maximum atomic E-state index is 13.8. The van der Waals surface area contributed by atoms with Gasteiger partial charge in [0.05, 0.1) is 0 Å². The molecule has 5 rings (SSSR count). The van der Waals surface area contributed by atoms with Gasteiger partial charge in [-0.05, 0) is 69.3 Å². The molecule has 2 N–H and O–H groups in total. The smallest absolute Gasteiger partial charge is 0.328 e. The number of benzene rings is 2. The Balaban J connectivity index is 1.65. The van der Waals surface area contributed by atoms with Gasteiger partial charge in [0.15, 0.2) is 0 Å². The second-order valence-electron chi connectivity index (χ2n) is 9.84. The first-order chi connectivity index (χ1) is 16.1. The number of aromatic amines is 1. The predicted octanol–water partition coefficient (Wildman–Crippen LogP) is 4.64. The van der Waals surface area contributed by atoms with Crippen LogP contribution in [0.3, 0.4) is 0 Å². The van der Waals surface area contributed by atoms with Gasteiger partial charge in [-0.3, -0.25) is 14.6 Å². The lowest BCUT2D eigenvalue weighted by molar-refractivity contribution is -0.133. The van der Waals surface area contributed by atoms with Crippen molar-refractivity contribution in [2.24, 2.45) is 0 Å². The summed E-state index contributed by atoms with van der Waals surface area (Å²) in [7, 11) is 2.00. The number of nitrogens with zero attached hydrogens (tertiary/aromatic N) is 3. The number of nitrogens with one attached hydrogen (secondary N) is 1. The third-order valence-corrected chi connectivity index (χ3v) is 7.87. The van der Waals surface area contributed by atoms with Crippen LogP contribution in [0.25, 0.3) is 10.9 Å². The SMILES string of the molecule is CC(C)N(C)CCN1C(=O)N2[C@H](c3cccc(O)c3)c3[nH]c4ccc(Br)cc4c3C[C@@]2(C)C1=O. The largest absolute Gasteiger partial charge is 0.508 e. The van der Waals surface area contributed by atoms with Gasteiger partial charge in [0.1, 0.15) is 17.3 Å². The zero-order chi connectivity index (χ0) is 24.4. The summed E-state index contributed by atoms with van der Waals surface area (Å²) in [5.41, 5.74) is 2.62. The lowest BCUT2D eigenvalue weighted by atomic mass is 9.81. The van der Waals surface area contributed by atoms with Crippen molar-refractivity contribution in [1.82, 2.24) is 19.7 Å². The third kappa shape index (κ3) is 3.43. The summed E-state index contributed by atoms with van der Waals surface area (Å²) in [6.45, 7) is 7.00. The van der Waals surface area contributed by atoms with Crippen LogP contribution in [0.15, 0.2) is 46.9 Å². The number of H-pyrrole nitrogens is 1. The molecule has 0 unspecified atom stereocenters. The highest BCUT2D eigenvalue weighted by molar-refractivity contribution is 9.10. The van der Waals surface area contributed by atoms with E-state index in [0.717, 1.165) is 32.2 Å². The first-order valence-corrected chi connectivity index (χ1v) is 12.4. The number of phenolic OH excluding ortho intramolecular Hbond substituents is 1. The molecule has 2 aromatic carbocycles. The van der Waals surface area contributed by atoms with Crippen molar-refractivity contribution in [3.63, 3.8) is 0 Å². The summed E-state index contributed by atoms with van der Waals surface area (Å²) in [6.07, 6.45) is 0.426. The summed E-state index contributed by atoms with van der Waals surface area (Å²) < 4.78 is 0.954. The number of phenols is 1. The Kier molecular flexibility index (Phi) is 5.48. The number of urea groups is 1. The average molecular weight is 525 g/mol. The number of aromatic nitrogens is 1. The Hall–Kier alpha value is -2.84. The topological polar surface area (TPSA) is 79.9 Å². The van der Waals surface area contributed by atoms with Crippen LogP contribution >= 0.6 is 15.9 Å². The van der Waals surface area contributed by atoms with Gasteiger partial charge in [0, 0.05) is 46.6 Å². The van der Waals surface area contributed by atoms with E-state index < -0.39 is 11.6 Å². The molecule has 0 spiro atoms. The number of imide groups is 1. The van der Waals surface area contributed by atoms with Crippen LogP contribution in [0, 0.1) is 0 Å². The maximum Gasteiger partial charge on any atom is 0.328 e. The van der Waals surface area contributed by atoms with E-state index in [9.17, 15) is 14.7 Å². The molecule has 1 fully saturated rings. The summed E-state index contributed by atoms with van der Waals surface area (Å²) in [6, 6.07) is 12.5. The van der Waals surface area contributed by atoms with Crippen molar-refractivity contribution >= 4 is 38.8 Å². The lowest BCUT2D eigenvalue weighted by Gasteiger charge is -2.42. The Labute approximate surface area is 207 Å². The van der Waals surface area contributed by atoms with Gasteiger partial charge in [0.25, 0.3) is 5.91 Å². The molecule has 8 heteroatoms. The number of aromatic hydroxyl groups is 1. The van der Waals surface area contributed by atoms with Crippen molar-refractivity contribution in [3.05, 3.63) is 63.8 Å². The Morgan fingerprint density at radius 1 is 1.24 bits per heavy atom. The minimum atomic E-state index is -1.02. The lowest BCUT2D eigenvalue weighted by Crippen LogP contribution is -2.53. The average Bonchev–Trinajstić information content (AvgIpc) is 3.22. The first-order valence-electron chi connectivity index (χ1n) is 11.6. The number of halogens is 1. The highest BCUT2D eigenvalue weighted by Crippen LogP contribution is 2.49. The molecular formula is C26H29BrN4O3. The van der Waals surface area contributed by atoms with E-state index in [2.05, 4.69) is 45.7 Å². The van der Waals surface area contributed by atoms with E-state index in [1.165, 1.54) is 4.90 Å². The maximum absolute atomic E-state index is 13.8. The van der Waals surface area contributed by atoms with Crippen molar-refractivity contribution in [1.29, 1.82) is 0 Å². The molecule has 178 valence electrons. The number of fused-ring (bicyclic) bond motifs is 4. The molecule has 2 aliphatic rings. The zero-order valence-corrected chi connectivity index (χ0v) is 21.4. The summed E-state index contributed by atoms with van der Waals surface area (Å²) in [4.78, 5) is 36.4. The van der Waals surface area contributed by atoms with E-state index in [1.807, 2.05) is 32.2 Å². The molecule has 34 heavy (non-hydrogen) atoms. The molecule has 1 saturated heterocycles. The van der Waals surface area contributed by atoms with E-state index in [0.29, 0.717) is 25.6 Å². The summed E-state index contributed by atoms with van der Waals surface area (Å²) in [5.74, 6) is -0.0478. The number of hydrogen-bond acceptors (Lipinski definition) is 4. The molecule has 7 nitrogen and oxygen atoms in total. The van der Waals surface area contributed by atoms with E-state index in [1.54, 1.807) is 23.1 Å². The van der Waals surface area contributed by atoms with Gasteiger partial charge < -0.3 is 15.0 Å². The van der Waals surface area contributed by atoms with Crippen molar-refractivity contribution in [2.75, 3.05) is 20.1 Å². The monoisotopic (exact) mass is 524 g/mol. The Morgan fingerprint density at radius 2 is 2.00 bits per heavy atom. The normalized spacial score (nSPS) is 22.3. The van der Waals surface area contributed by atoms with Gasteiger partial charge in [-0.2, -0.15) is 0 Å². The van der Waals surface area contributed by atoms with Gasteiger partial charge in [-0.1, -0.05) is 28.1 Å². The number of carbonyl (C=O) groups excluding carboxylic acids is 2. The van der Waals surface area contributed by atoms with E-state index in [-0.39, 0.29) is 17.7 Å². The first kappa shape index (κ1) is 22.9. The second kappa shape index (κ2) is 8.13. The van der Waals surface area contributed by atoms with E-state index >= 15 is 0 Å². The van der Waals surface area contributed by atoms with Gasteiger partial charge in [0.2, 0.25) is 0 Å². The van der Waals surface area contributed by atoms with E-state index in [4.69, 9.17) is 0 Å². The fourth-order valence-corrected chi connectivity index (χ4v) is 5.60. The van der Waals surface area contributed by atoms with Gasteiger partial charge >= 0.3 is 6.03 Å². The molecule has 1 aromatic heterocycles. The number of likely N-dealkylation sites (N-methyl/N-ethyl adjacent to an activating group) is 1. The van der Waals surface area contributed by atoms with Gasteiger partial charge in [-0.25, -0.2) is 4.79 Å². The Bertz CT molecular complexity index is 1300. The van der Waals surface area contributed by atoms with Crippen LogP contribution < -0.4 is 0 Å². The molecule has 0 saturated carbocycles. The molecule has 2 aliphatic heterocycles. The Morgan fingerprint density at radius 3 is 2.71 bits per heavy atom. The van der Waals surface area contributed by atoms with Crippen molar-refractivity contribution < 1.29 is 14.7 Å². The molecule has 3 amide bonds. The fraction of sp³-hybridized carbons (Fsp3) is 0.385. The van der Waals surface area contributed by atoms with Crippen LogP contribution in [0.5, 0.6) is 5.75 Å². The molecule has 2 atom stereocenters. The molecule has 0 radical (unpaired) electrons. The standard InChI is InChI=1S/C26H29BrN4O3/c1-15(2)29(4)10-11-30-24(33)26(3)14-20-19-13-17(27)8-9-21(19)28-22(20)23(31(26)25(30)34)16-6-5-7-18(32)12-16/h5-9,12-13,15,23,28,32H,10-11,14H2,1-4H3/t23-,26+/m1/s1. The highest BCUT2D eigenvalue weighted by atomic mass is 79.9. The molecule has 0 bridgehead atoms. The molecule has 3 heterocycles. The molecule has 0 aliphatic carbocycles.